The van der Waals surface area contributed by atoms with Crippen LogP contribution in [-0.2, 0) is 14.6 Å². The van der Waals surface area contributed by atoms with Crippen LogP contribution < -0.4 is 11.1 Å². The molecule has 0 saturated heterocycles. The van der Waals surface area contributed by atoms with Gasteiger partial charge in [0.2, 0.25) is 5.91 Å². The topological polar surface area (TPSA) is 109 Å². The lowest BCUT2D eigenvalue weighted by atomic mass is 10.2. The van der Waals surface area contributed by atoms with Gasteiger partial charge in [0.05, 0.1) is 22.0 Å². The van der Waals surface area contributed by atoms with Crippen molar-refractivity contribution in [3.05, 3.63) is 21.6 Å². The highest BCUT2D eigenvalue weighted by Crippen LogP contribution is 2.35. The summed E-state index contributed by atoms with van der Waals surface area (Å²) in [6.45, 7) is 0. The molecule has 1 atom stereocenters. The standard InChI is InChI=1S/C11H14BrClN2O4S.ClH/c1-20(18,19)3-2-8(14)11(17)15-9-5-6(13)4-7(12)10(9)16;/h4-5,8,16H,2-3,14H2,1H3,(H,15,17);1H. The van der Waals surface area contributed by atoms with Gasteiger partial charge in [-0.3, -0.25) is 4.79 Å². The summed E-state index contributed by atoms with van der Waals surface area (Å²) in [7, 11) is -3.19. The Bertz CT molecular complexity index is 625. The Morgan fingerprint density at radius 3 is 2.62 bits per heavy atom. The van der Waals surface area contributed by atoms with Gasteiger partial charge < -0.3 is 16.2 Å². The second-order valence-electron chi connectivity index (χ2n) is 4.30. The summed E-state index contributed by atoms with van der Waals surface area (Å²) in [6, 6.07) is 1.83. The number of carbonyl (C=O) groups excluding carboxylic acids is 1. The average Bonchev–Trinajstić information content (AvgIpc) is 2.31. The number of benzene rings is 1. The lowest BCUT2D eigenvalue weighted by molar-refractivity contribution is -0.117. The quantitative estimate of drug-likeness (QED) is 0.629. The summed E-state index contributed by atoms with van der Waals surface area (Å²) in [5, 5.41) is 12.5. The fourth-order valence-electron chi connectivity index (χ4n) is 1.36. The molecule has 0 aliphatic rings. The second-order valence-corrected chi connectivity index (χ2v) is 7.85. The lowest BCUT2D eigenvalue weighted by Crippen LogP contribution is -2.37. The van der Waals surface area contributed by atoms with Crippen LogP contribution in [0.1, 0.15) is 6.42 Å². The van der Waals surface area contributed by atoms with Crippen LogP contribution in [0.2, 0.25) is 5.02 Å². The van der Waals surface area contributed by atoms with Crippen LogP contribution in [0.5, 0.6) is 5.75 Å². The first-order chi connectivity index (χ1) is 9.10. The molecule has 6 nitrogen and oxygen atoms in total. The Kier molecular flexibility index (Phi) is 7.98. The maximum Gasteiger partial charge on any atom is 0.241 e. The van der Waals surface area contributed by atoms with Crippen molar-refractivity contribution in [2.45, 2.75) is 12.5 Å². The van der Waals surface area contributed by atoms with Crippen LogP contribution >= 0.6 is 39.9 Å². The van der Waals surface area contributed by atoms with E-state index in [1.807, 2.05) is 0 Å². The Labute approximate surface area is 142 Å². The third-order valence-electron chi connectivity index (χ3n) is 2.42. The highest BCUT2D eigenvalue weighted by molar-refractivity contribution is 9.10. The van der Waals surface area contributed by atoms with Crippen molar-refractivity contribution in [2.75, 3.05) is 17.3 Å². The molecule has 1 amide bonds. The maximum atomic E-state index is 11.8. The second kappa shape index (κ2) is 8.19. The van der Waals surface area contributed by atoms with Crippen LogP contribution in [0.3, 0.4) is 0 Å². The molecule has 0 aromatic heterocycles. The van der Waals surface area contributed by atoms with Gasteiger partial charge in [0.25, 0.3) is 0 Å². The van der Waals surface area contributed by atoms with E-state index < -0.39 is 21.8 Å². The Morgan fingerprint density at radius 2 is 2.10 bits per heavy atom. The average molecular weight is 422 g/mol. The van der Waals surface area contributed by atoms with E-state index in [2.05, 4.69) is 21.2 Å². The summed E-state index contributed by atoms with van der Waals surface area (Å²) in [4.78, 5) is 11.8. The number of nitrogens with two attached hydrogens (primary N) is 1. The Balaban J connectivity index is 0.00000400. The van der Waals surface area contributed by atoms with E-state index in [1.165, 1.54) is 12.1 Å². The van der Waals surface area contributed by atoms with Gasteiger partial charge in [-0.15, -0.1) is 12.4 Å². The number of phenols is 1. The number of sulfone groups is 1. The molecule has 0 bridgehead atoms. The van der Waals surface area contributed by atoms with E-state index >= 15 is 0 Å². The van der Waals surface area contributed by atoms with Gasteiger partial charge in [0.15, 0.2) is 5.75 Å². The van der Waals surface area contributed by atoms with E-state index in [-0.39, 0.29) is 36.0 Å². The number of hydrogen-bond acceptors (Lipinski definition) is 5. The smallest absolute Gasteiger partial charge is 0.241 e. The van der Waals surface area contributed by atoms with Gasteiger partial charge in [0.1, 0.15) is 9.84 Å². The number of halogens is 3. The molecule has 1 unspecified atom stereocenters. The SMILES string of the molecule is CS(=O)(=O)CCC(N)C(=O)Nc1cc(Cl)cc(Br)c1O.Cl. The van der Waals surface area contributed by atoms with Gasteiger partial charge in [-0.05, 0) is 34.5 Å². The molecule has 0 aliphatic carbocycles. The predicted molar refractivity (Wildman–Crippen MR) is 89.0 cm³/mol. The van der Waals surface area contributed by atoms with Gasteiger partial charge in [0, 0.05) is 11.3 Å². The number of phenolic OH excluding ortho intramolecular Hbond substituents is 1. The summed E-state index contributed by atoms with van der Waals surface area (Å²) in [6.07, 6.45) is 1.06. The summed E-state index contributed by atoms with van der Waals surface area (Å²) >= 11 is 8.89. The number of anilines is 1. The zero-order chi connectivity index (χ0) is 15.5. The Morgan fingerprint density at radius 1 is 1.52 bits per heavy atom. The number of hydrogen-bond donors (Lipinski definition) is 3. The van der Waals surface area contributed by atoms with Crippen molar-refractivity contribution in [2.24, 2.45) is 5.73 Å². The van der Waals surface area contributed by atoms with Crippen LogP contribution in [0.15, 0.2) is 16.6 Å². The van der Waals surface area contributed by atoms with E-state index in [0.29, 0.717) is 9.50 Å². The van der Waals surface area contributed by atoms with Crippen molar-refractivity contribution >= 4 is 61.4 Å². The fourth-order valence-corrected chi connectivity index (χ4v) is 2.85. The van der Waals surface area contributed by atoms with Gasteiger partial charge in [-0.25, -0.2) is 8.42 Å². The molecular formula is C11H15BrCl2N2O4S. The van der Waals surface area contributed by atoms with E-state index in [1.54, 1.807) is 0 Å². The zero-order valence-corrected chi connectivity index (χ0v) is 14.9. The molecule has 0 heterocycles. The minimum atomic E-state index is -3.19. The van der Waals surface area contributed by atoms with E-state index in [9.17, 15) is 18.3 Å². The van der Waals surface area contributed by atoms with Crippen molar-refractivity contribution in [1.82, 2.24) is 0 Å². The monoisotopic (exact) mass is 420 g/mol. The zero-order valence-electron chi connectivity index (χ0n) is 11.0. The molecule has 21 heavy (non-hydrogen) atoms. The number of carbonyl (C=O) groups is 1. The highest BCUT2D eigenvalue weighted by atomic mass is 79.9. The van der Waals surface area contributed by atoms with E-state index in [0.717, 1.165) is 6.26 Å². The van der Waals surface area contributed by atoms with Crippen LogP contribution in [-0.4, -0.2) is 37.5 Å². The van der Waals surface area contributed by atoms with Gasteiger partial charge >= 0.3 is 0 Å². The molecule has 120 valence electrons. The molecule has 0 saturated carbocycles. The number of amides is 1. The molecule has 10 heteroatoms. The third kappa shape index (κ3) is 6.84. The minimum absolute atomic E-state index is 0. The van der Waals surface area contributed by atoms with Crippen molar-refractivity contribution in [1.29, 1.82) is 0 Å². The van der Waals surface area contributed by atoms with Crippen molar-refractivity contribution < 1.29 is 18.3 Å². The summed E-state index contributed by atoms with van der Waals surface area (Å²) in [5.41, 5.74) is 5.70. The molecule has 1 rings (SSSR count). The van der Waals surface area contributed by atoms with Gasteiger partial charge in [-0.1, -0.05) is 11.6 Å². The molecule has 1 aromatic rings. The third-order valence-corrected chi connectivity index (χ3v) is 4.22. The molecule has 0 spiro atoms. The minimum Gasteiger partial charge on any atom is -0.505 e. The maximum absolute atomic E-state index is 11.8. The molecule has 0 radical (unpaired) electrons. The number of rotatable bonds is 5. The summed E-state index contributed by atoms with van der Waals surface area (Å²) < 4.78 is 22.3. The van der Waals surface area contributed by atoms with E-state index in [4.69, 9.17) is 17.3 Å². The Hall–Kier alpha value is -0.540. The van der Waals surface area contributed by atoms with Crippen molar-refractivity contribution in [3.63, 3.8) is 0 Å². The predicted octanol–water partition coefficient (Wildman–Crippen LogP) is 1.93. The first-order valence-electron chi connectivity index (χ1n) is 5.52. The largest absolute Gasteiger partial charge is 0.505 e. The molecule has 4 N–H and O–H groups in total. The molecule has 0 aliphatic heterocycles. The number of nitrogens with one attached hydrogen (secondary N) is 1. The number of aromatic hydroxyl groups is 1. The lowest BCUT2D eigenvalue weighted by Gasteiger charge is -2.13. The van der Waals surface area contributed by atoms with Gasteiger partial charge in [-0.2, -0.15) is 0 Å². The van der Waals surface area contributed by atoms with Crippen LogP contribution in [0.25, 0.3) is 0 Å². The fraction of sp³-hybridized carbons (Fsp3) is 0.364. The van der Waals surface area contributed by atoms with Crippen molar-refractivity contribution in [3.8, 4) is 5.75 Å². The normalized spacial score (nSPS) is 12.4. The highest BCUT2D eigenvalue weighted by Gasteiger charge is 2.18. The first kappa shape index (κ1) is 20.5. The van der Waals surface area contributed by atoms with Crippen LogP contribution in [0.4, 0.5) is 5.69 Å². The molecular weight excluding hydrogens is 407 g/mol. The summed E-state index contributed by atoms with van der Waals surface area (Å²) in [5.74, 6) is -0.969. The molecule has 0 fully saturated rings. The van der Waals surface area contributed by atoms with Crippen LogP contribution in [0, 0.1) is 0 Å². The first-order valence-corrected chi connectivity index (χ1v) is 8.75. The molecule has 1 aromatic carbocycles.